The number of aromatic nitrogens is 1. The minimum Gasteiger partial charge on any atom is -0.494 e. The van der Waals surface area contributed by atoms with Gasteiger partial charge >= 0.3 is 12.1 Å². The van der Waals surface area contributed by atoms with E-state index in [4.69, 9.17) is 5.11 Å². The van der Waals surface area contributed by atoms with E-state index >= 15 is 0 Å². The molecule has 0 aromatic carbocycles. The molecular weight excluding hydrogens is 227 g/mol. The number of rotatable bonds is 3. The first kappa shape index (κ1) is 12.3. The topological polar surface area (TPSA) is 59.4 Å². The maximum absolute atomic E-state index is 12.4. The standard InChI is InChI=1S/C9H8F3NO3/c1-16-6-2-5(3-7(14)15)4-13-8(6)9(10,11)12/h2,4H,3H2,1H3,(H,14,15). The van der Waals surface area contributed by atoms with Crippen LogP contribution in [0.5, 0.6) is 5.75 Å². The van der Waals surface area contributed by atoms with Crippen LogP contribution < -0.4 is 4.74 Å². The van der Waals surface area contributed by atoms with Crippen molar-refractivity contribution >= 4 is 5.97 Å². The van der Waals surface area contributed by atoms with E-state index in [1.165, 1.54) is 0 Å². The molecule has 0 atom stereocenters. The fourth-order valence-corrected chi connectivity index (χ4v) is 1.12. The van der Waals surface area contributed by atoms with E-state index in [1.54, 1.807) is 0 Å². The highest BCUT2D eigenvalue weighted by molar-refractivity contribution is 5.70. The summed E-state index contributed by atoms with van der Waals surface area (Å²) in [6, 6.07) is 1.02. The van der Waals surface area contributed by atoms with Gasteiger partial charge in [0, 0.05) is 6.20 Å². The predicted octanol–water partition coefficient (Wildman–Crippen LogP) is 1.74. The van der Waals surface area contributed by atoms with Gasteiger partial charge in [0.1, 0.15) is 5.75 Å². The summed E-state index contributed by atoms with van der Waals surface area (Å²) in [5, 5.41) is 8.47. The number of pyridine rings is 1. The maximum Gasteiger partial charge on any atom is 0.437 e. The third-order valence-corrected chi connectivity index (χ3v) is 1.75. The number of alkyl halides is 3. The van der Waals surface area contributed by atoms with Crippen molar-refractivity contribution in [3.8, 4) is 5.75 Å². The Labute approximate surface area is 88.7 Å². The van der Waals surface area contributed by atoms with Crippen molar-refractivity contribution in [1.29, 1.82) is 0 Å². The summed E-state index contributed by atoms with van der Waals surface area (Å²) in [5.74, 6) is -1.63. The molecule has 0 radical (unpaired) electrons. The minimum atomic E-state index is -4.62. The van der Waals surface area contributed by atoms with Crippen molar-refractivity contribution in [1.82, 2.24) is 4.98 Å². The van der Waals surface area contributed by atoms with E-state index in [1.807, 2.05) is 0 Å². The van der Waals surface area contributed by atoms with Crippen LogP contribution in [0.1, 0.15) is 11.3 Å². The molecule has 1 N–H and O–H groups in total. The Kier molecular flexibility index (Phi) is 3.36. The minimum absolute atomic E-state index is 0.150. The molecular formula is C9H8F3NO3. The van der Waals surface area contributed by atoms with Crippen LogP contribution in [0.25, 0.3) is 0 Å². The first-order valence-electron chi connectivity index (χ1n) is 4.16. The molecule has 0 fully saturated rings. The summed E-state index contributed by atoms with van der Waals surface area (Å²) < 4.78 is 41.6. The van der Waals surface area contributed by atoms with Gasteiger partial charge in [0.2, 0.25) is 0 Å². The Morgan fingerprint density at radius 2 is 2.19 bits per heavy atom. The summed E-state index contributed by atoms with van der Waals surface area (Å²) in [7, 11) is 1.07. The maximum atomic E-state index is 12.4. The van der Waals surface area contributed by atoms with Crippen molar-refractivity contribution in [2.24, 2.45) is 0 Å². The second-order valence-corrected chi connectivity index (χ2v) is 2.96. The van der Waals surface area contributed by atoms with E-state index in [-0.39, 0.29) is 5.56 Å². The molecule has 1 heterocycles. The number of methoxy groups -OCH3 is 1. The molecule has 0 amide bonds. The molecule has 0 aliphatic rings. The average molecular weight is 235 g/mol. The number of hydrogen-bond acceptors (Lipinski definition) is 3. The highest BCUT2D eigenvalue weighted by Gasteiger charge is 2.36. The van der Waals surface area contributed by atoms with Gasteiger partial charge in [-0.1, -0.05) is 0 Å². The highest BCUT2D eigenvalue weighted by atomic mass is 19.4. The van der Waals surface area contributed by atoms with Crippen molar-refractivity contribution in [3.05, 3.63) is 23.5 Å². The highest BCUT2D eigenvalue weighted by Crippen LogP contribution is 2.34. The summed E-state index contributed by atoms with van der Waals surface area (Å²) in [5.41, 5.74) is -1.01. The zero-order valence-corrected chi connectivity index (χ0v) is 8.21. The number of carbonyl (C=O) groups is 1. The largest absolute Gasteiger partial charge is 0.494 e. The Hall–Kier alpha value is -1.79. The van der Waals surface area contributed by atoms with E-state index in [9.17, 15) is 18.0 Å². The second-order valence-electron chi connectivity index (χ2n) is 2.96. The summed E-state index contributed by atoms with van der Waals surface area (Å²) in [4.78, 5) is 13.5. The van der Waals surface area contributed by atoms with E-state index in [2.05, 4.69) is 9.72 Å². The molecule has 1 rings (SSSR count). The number of halogens is 3. The molecule has 4 nitrogen and oxygen atoms in total. The molecule has 0 unspecified atom stereocenters. The van der Waals surface area contributed by atoms with Crippen LogP contribution in [-0.2, 0) is 17.4 Å². The van der Waals surface area contributed by atoms with Crippen molar-refractivity contribution in [2.75, 3.05) is 7.11 Å². The van der Waals surface area contributed by atoms with Crippen molar-refractivity contribution in [2.45, 2.75) is 12.6 Å². The van der Waals surface area contributed by atoms with Gasteiger partial charge in [-0.25, -0.2) is 4.98 Å². The third kappa shape index (κ3) is 2.85. The van der Waals surface area contributed by atoms with Crippen molar-refractivity contribution in [3.63, 3.8) is 0 Å². The number of nitrogens with zero attached hydrogens (tertiary/aromatic N) is 1. The van der Waals surface area contributed by atoms with Crippen LogP contribution in [0.4, 0.5) is 13.2 Å². The van der Waals surface area contributed by atoms with Gasteiger partial charge in [-0.15, -0.1) is 0 Å². The molecule has 0 aliphatic carbocycles. The molecule has 1 aromatic heterocycles. The summed E-state index contributed by atoms with van der Waals surface area (Å²) in [6.07, 6.45) is -4.14. The Morgan fingerprint density at radius 3 is 2.62 bits per heavy atom. The lowest BCUT2D eigenvalue weighted by Crippen LogP contribution is -2.11. The first-order chi connectivity index (χ1) is 7.34. The fraction of sp³-hybridized carbons (Fsp3) is 0.333. The number of hydrogen-bond donors (Lipinski definition) is 1. The molecule has 0 saturated heterocycles. The lowest BCUT2D eigenvalue weighted by atomic mass is 10.2. The van der Waals surface area contributed by atoms with E-state index in [0.717, 1.165) is 19.4 Å². The second kappa shape index (κ2) is 4.38. The van der Waals surface area contributed by atoms with Crippen molar-refractivity contribution < 1.29 is 27.8 Å². The molecule has 88 valence electrons. The molecule has 0 bridgehead atoms. The van der Waals surface area contributed by atoms with E-state index < -0.39 is 30.0 Å². The fourth-order valence-electron chi connectivity index (χ4n) is 1.12. The molecule has 7 heteroatoms. The molecule has 16 heavy (non-hydrogen) atoms. The molecule has 0 saturated carbocycles. The average Bonchev–Trinajstić information content (AvgIpc) is 2.14. The van der Waals surface area contributed by atoms with Gasteiger partial charge in [-0.05, 0) is 11.6 Å². The van der Waals surface area contributed by atoms with Crippen LogP contribution in [-0.4, -0.2) is 23.2 Å². The zero-order valence-electron chi connectivity index (χ0n) is 8.21. The SMILES string of the molecule is COc1cc(CC(=O)O)cnc1C(F)(F)F. The Balaban J connectivity index is 3.12. The Bertz CT molecular complexity index is 403. The van der Waals surface area contributed by atoms with Gasteiger partial charge in [0.25, 0.3) is 0 Å². The van der Waals surface area contributed by atoms with Gasteiger partial charge in [0.15, 0.2) is 5.69 Å². The normalized spacial score (nSPS) is 11.2. The number of carboxylic acid groups (broad SMARTS) is 1. The van der Waals surface area contributed by atoms with Crippen LogP contribution in [0.15, 0.2) is 12.3 Å². The Morgan fingerprint density at radius 1 is 1.56 bits per heavy atom. The molecule has 0 aliphatic heterocycles. The monoisotopic (exact) mass is 235 g/mol. The van der Waals surface area contributed by atoms with E-state index in [0.29, 0.717) is 0 Å². The van der Waals surface area contributed by atoms with Gasteiger partial charge in [0.05, 0.1) is 13.5 Å². The zero-order chi connectivity index (χ0) is 12.3. The molecule has 1 aromatic rings. The number of carboxylic acids is 1. The first-order valence-corrected chi connectivity index (χ1v) is 4.16. The van der Waals surface area contributed by atoms with Gasteiger partial charge < -0.3 is 9.84 Å². The number of ether oxygens (including phenoxy) is 1. The predicted molar refractivity (Wildman–Crippen MR) is 47.1 cm³/mol. The van der Waals surface area contributed by atoms with Crippen LogP contribution in [0, 0.1) is 0 Å². The van der Waals surface area contributed by atoms with Gasteiger partial charge in [-0.3, -0.25) is 4.79 Å². The lowest BCUT2D eigenvalue weighted by molar-refractivity contribution is -0.142. The van der Waals surface area contributed by atoms with Crippen LogP contribution in [0.2, 0.25) is 0 Å². The van der Waals surface area contributed by atoms with Crippen LogP contribution in [0.3, 0.4) is 0 Å². The smallest absolute Gasteiger partial charge is 0.437 e. The number of aliphatic carboxylic acids is 1. The third-order valence-electron chi connectivity index (χ3n) is 1.75. The van der Waals surface area contributed by atoms with Gasteiger partial charge in [-0.2, -0.15) is 13.2 Å². The summed E-state index contributed by atoms with van der Waals surface area (Å²) >= 11 is 0. The van der Waals surface area contributed by atoms with Crippen LogP contribution >= 0.6 is 0 Å². The molecule has 0 spiro atoms. The quantitative estimate of drug-likeness (QED) is 0.866. The lowest BCUT2D eigenvalue weighted by Gasteiger charge is -2.11. The summed E-state index contributed by atoms with van der Waals surface area (Å²) in [6.45, 7) is 0.